The van der Waals surface area contributed by atoms with E-state index >= 15 is 0 Å². The van der Waals surface area contributed by atoms with Crippen LogP contribution in [-0.2, 0) is 4.79 Å². The van der Waals surface area contributed by atoms with E-state index in [1.807, 2.05) is 50.6 Å². The van der Waals surface area contributed by atoms with Crippen LogP contribution in [0.25, 0.3) is 0 Å². The first-order valence-corrected chi connectivity index (χ1v) is 11.0. The highest BCUT2D eigenvalue weighted by atomic mass is 16.2. The molecular weight excluding hydrogens is 390 g/mol. The van der Waals surface area contributed by atoms with Crippen LogP contribution in [0.2, 0.25) is 0 Å². The number of nitrogens with two attached hydrogens (primary N) is 1. The Morgan fingerprint density at radius 1 is 1.32 bits per heavy atom. The van der Waals surface area contributed by atoms with Gasteiger partial charge >= 0.3 is 0 Å². The minimum absolute atomic E-state index is 0.0751. The van der Waals surface area contributed by atoms with Gasteiger partial charge in [-0.3, -0.25) is 10.2 Å². The molecule has 1 amide bonds. The maximum Gasteiger partial charge on any atom is 0.234 e. The van der Waals surface area contributed by atoms with Gasteiger partial charge in [0.25, 0.3) is 0 Å². The van der Waals surface area contributed by atoms with Gasteiger partial charge in [0.2, 0.25) is 11.9 Å². The SMILES string of the molecule is C[NH2+]C=C1C=CC=C(Nc2ncc3c(n2)N(C2CCCC2)CC(C)(C)C(=O)N3C)C1=N. The van der Waals surface area contributed by atoms with E-state index in [9.17, 15) is 4.79 Å². The summed E-state index contributed by atoms with van der Waals surface area (Å²) in [6, 6.07) is 0.379. The Bertz CT molecular complexity index is 986. The van der Waals surface area contributed by atoms with E-state index in [1.54, 1.807) is 18.1 Å². The zero-order valence-electron chi connectivity index (χ0n) is 18.8. The van der Waals surface area contributed by atoms with Crippen molar-refractivity contribution in [2.24, 2.45) is 5.41 Å². The van der Waals surface area contributed by atoms with Crippen molar-refractivity contribution in [3.8, 4) is 0 Å². The molecule has 1 fully saturated rings. The Morgan fingerprint density at radius 2 is 2.06 bits per heavy atom. The lowest BCUT2D eigenvalue weighted by Crippen LogP contribution is -2.73. The molecule has 0 aromatic carbocycles. The van der Waals surface area contributed by atoms with E-state index in [-0.39, 0.29) is 5.91 Å². The number of hydrogen-bond donors (Lipinski definition) is 3. The van der Waals surface area contributed by atoms with Crippen molar-refractivity contribution in [1.82, 2.24) is 9.97 Å². The maximum atomic E-state index is 13.1. The number of amides is 1. The summed E-state index contributed by atoms with van der Waals surface area (Å²) in [6.07, 6.45) is 14.0. The molecule has 0 bridgehead atoms. The van der Waals surface area contributed by atoms with Crippen LogP contribution >= 0.6 is 0 Å². The first-order chi connectivity index (χ1) is 14.8. The van der Waals surface area contributed by atoms with Gasteiger partial charge in [0.15, 0.2) is 5.82 Å². The fraction of sp³-hybridized carbons (Fsp3) is 0.478. The van der Waals surface area contributed by atoms with Gasteiger partial charge in [-0.2, -0.15) is 4.98 Å². The molecule has 0 spiro atoms. The minimum atomic E-state index is -0.513. The van der Waals surface area contributed by atoms with Crippen molar-refractivity contribution in [1.29, 1.82) is 5.41 Å². The third kappa shape index (κ3) is 3.99. The summed E-state index contributed by atoms with van der Waals surface area (Å²) in [5.74, 6) is 1.31. The smallest absolute Gasteiger partial charge is 0.234 e. The van der Waals surface area contributed by atoms with E-state index in [1.165, 1.54) is 12.8 Å². The van der Waals surface area contributed by atoms with Gasteiger partial charge in [-0.05, 0) is 38.8 Å². The molecule has 4 rings (SSSR count). The normalized spacial score (nSPS) is 22.6. The molecule has 4 N–H and O–H groups in total. The monoisotopic (exact) mass is 422 g/mol. The number of allylic oxidation sites excluding steroid dienone is 4. The zero-order chi connectivity index (χ0) is 22.2. The van der Waals surface area contributed by atoms with Gasteiger partial charge in [-0.25, -0.2) is 4.98 Å². The predicted molar refractivity (Wildman–Crippen MR) is 123 cm³/mol. The van der Waals surface area contributed by atoms with Crippen LogP contribution in [0.5, 0.6) is 0 Å². The van der Waals surface area contributed by atoms with E-state index < -0.39 is 5.41 Å². The number of hydrogen-bond acceptors (Lipinski definition) is 6. The van der Waals surface area contributed by atoms with Crippen LogP contribution in [0.15, 0.2) is 41.9 Å². The third-order valence-electron chi connectivity index (χ3n) is 6.29. The van der Waals surface area contributed by atoms with Gasteiger partial charge in [0, 0.05) is 19.6 Å². The molecule has 8 nitrogen and oxygen atoms in total. The fourth-order valence-electron chi connectivity index (χ4n) is 4.64. The number of fused-ring (bicyclic) bond motifs is 1. The minimum Gasteiger partial charge on any atom is -0.351 e. The second-order valence-corrected chi connectivity index (χ2v) is 9.11. The van der Waals surface area contributed by atoms with Crippen molar-refractivity contribution >= 4 is 29.1 Å². The van der Waals surface area contributed by atoms with Gasteiger partial charge in [-0.15, -0.1) is 0 Å². The third-order valence-corrected chi connectivity index (χ3v) is 6.29. The van der Waals surface area contributed by atoms with Gasteiger partial charge in [0.1, 0.15) is 11.9 Å². The molecule has 31 heavy (non-hydrogen) atoms. The van der Waals surface area contributed by atoms with Crippen molar-refractivity contribution in [2.75, 3.05) is 35.8 Å². The van der Waals surface area contributed by atoms with Crippen LogP contribution < -0.4 is 20.4 Å². The molecule has 0 unspecified atom stereocenters. The largest absolute Gasteiger partial charge is 0.351 e. The molecule has 1 saturated carbocycles. The standard InChI is InChI=1S/C23H31N7O/c1-23(2)14-30(16-9-5-6-10-16)20-18(29(4)21(23)31)13-26-22(28-20)27-17-11-7-8-15(12-25-3)19(17)24/h7-8,11-13,16,24-25H,5-6,9-10,14H2,1-4H3,(H,26,27,28)/p+1. The summed E-state index contributed by atoms with van der Waals surface area (Å²) >= 11 is 0. The number of carbonyl (C=O) groups is 1. The fourth-order valence-corrected chi connectivity index (χ4v) is 4.64. The summed E-state index contributed by atoms with van der Waals surface area (Å²) in [5, 5.41) is 13.6. The summed E-state index contributed by atoms with van der Waals surface area (Å²) < 4.78 is 0. The Labute approximate surface area is 183 Å². The quantitative estimate of drug-likeness (QED) is 0.690. The molecule has 0 atom stereocenters. The number of aromatic nitrogens is 2. The van der Waals surface area contributed by atoms with Gasteiger partial charge in [0.05, 0.1) is 35.6 Å². The predicted octanol–water partition coefficient (Wildman–Crippen LogP) is 2.19. The van der Waals surface area contributed by atoms with E-state index in [2.05, 4.69) is 15.2 Å². The van der Waals surface area contributed by atoms with Crippen LogP contribution in [-0.4, -0.2) is 48.3 Å². The van der Waals surface area contributed by atoms with E-state index in [0.29, 0.717) is 29.9 Å². The Kier molecular flexibility index (Phi) is 5.66. The van der Waals surface area contributed by atoms with Crippen LogP contribution in [0.3, 0.4) is 0 Å². The molecular formula is C23H32N7O+. The molecule has 8 heteroatoms. The van der Waals surface area contributed by atoms with Crippen molar-refractivity contribution in [2.45, 2.75) is 45.6 Å². The second-order valence-electron chi connectivity index (χ2n) is 9.11. The van der Waals surface area contributed by atoms with Crippen LogP contribution in [0, 0.1) is 10.8 Å². The summed E-state index contributed by atoms with van der Waals surface area (Å²) in [5.41, 5.74) is 2.12. The van der Waals surface area contributed by atoms with Gasteiger partial charge in [-0.1, -0.05) is 18.9 Å². The highest BCUT2D eigenvalue weighted by Gasteiger charge is 2.41. The maximum absolute atomic E-state index is 13.1. The zero-order valence-corrected chi connectivity index (χ0v) is 18.8. The molecule has 0 saturated heterocycles. The van der Waals surface area contributed by atoms with Crippen LogP contribution in [0.1, 0.15) is 39.5 Å². The van der Waals surface area contributed by atoms with Crippen LogP contribution in [0.4, 0.5) is 17.5 Å². The molecule has 1 aliphatic heterocycles. The highest BCUT2D eigenvalue weighted by Crippen LogP contribution is 2.40. The number of nitrogens with one attached hydrogen (secondary N) is 2. The molecule has 1 aromatic heterocycles. The Hall–Kier alpha value is -3.00. The average molecular weight is 423 g/mol. The Balaban J connectivity index is 1.71. The van der Waals surface area contributed by atoms with E-state index in [0.717, 1.165) is 29.9 Å². The number of quaternary nitrogens is 1. The summed E-state index contributed by atoms with van der Waals surface area (Å²) in [7, 11) is 3.74. The molecule has 0 radical (unpaired) electrons. The number of carbonyl (C=O) groups excluding carboxylic acids is 1. The number of anilines is 3. The van der Waals surface area contributed by atoms with E-state index in [4.69, 9.17) is 10.4 Å². The average Bonchev–Trinajstić information content (AvgIpc) is 3.26. The lowest BCUT2D eigenvalue weighted by Gasteiger charge is -2.34. The molecule has 2 heterocycles. The highest BCUT2D eigenvalue weighted by molar-refractivity contribution is 6.14. The van der Waals surface area contributed by atoms with Crippen molar-refractivity contribution in [3.05, 3.63) is 41.9 Å². The molecule has 2 aliphatic carbocycles. The lowest BCUT2D eigenvalue weighted by atomic mass is 9.91. The second kappa shape index (κ2) is 8.26. The van der Waals surface area contributed by atoms with Crippen molar-refractivity contribution < 1.29 is 10.1 Å². The first-order valence-electron chi connectivity index (χ1n) is 11.0. The van der Waals surface area contributed by atoms with Crippen molar-refractivity contribution in [3.63, 3.8) is 0 Å². The molecule has 1 aromatic rings. The topological polar surface area (TPSA) is 102 Å². The first kappa shape index (κ1) is 21.2. The number of nitrogens with zero attached hydrogens (tertiary/aromatic N) is 4. The Morgan fingerprint density at radius 3 is 2.77 bits per heavy atom. The summed E-state index contributed by atoms with van der Waals surface area (Å²) in [4.78, 5) is 26.5. The summed E-state index contributed by atoms with van der Waals surface area (Å²) in [6.45, 7) is 4.64. The number of rotatable bonds is 4. The van der Waals surface area contributed by atoms with Gasteiger partial charge < -0.3 is 20.4 Å². The lowest BCUT2D eigenvalue weighted by molar-refractivity contribution is -0.556. The molecule has 164 valence electrons. The molecule has 3 aliphatic rings.